The van der Waals surface area contributed by atoms with Gasteiger partial charge in [0.2, 0.25) is 0 Å². The van der Waals surface area contributed by atoms with E-state index in [1.54, 1.807) is 0 Å². The molecule has 2 atom stereocenters. The maximum atomic E-state index is 3.65. The fraction of sp³-hybridized carbons (Fsp3) is 0.448. The minimum Gasteiger partial charge on any atom is -0.314 e. The molecule has 0 saturated heterocycles. The lowest BCUT2D eigenvalue weighted by Gasteiger charge is -2.32. The average Bonchev–Trinajstić information content (AvgIpc) is 3.05. The minimum absolute atomic E-state index is 0.0946. The van der Waals surface area contributed by atoms with E-state index in [0.29, 0.717) is 12.1 Å². The Morgan fingerprint density at radius 3 is 1.39 bits per heavy atom. The molecular weight excluding hydrogens is 376 g/mol. The molecule has 31 heavy (non-hydrogen) atoms. The molecule has 0 heterocycles. The molecule has 0 aromatic heterocycles. The van der Waals surface area contributed by atoms with Gasteiger partial charge in [-0.3, -0.25) is 0 Å². The molecule has 0 saturated carbocycles. The van der Waals surface area contributed by atoms with E-state index in [9.17, 15) is 0 Å². The highest BCUT2D eigenvalue weighted by Crippen LogP contribution is 2.44. The van der Waals surface area contributed by atoms with E-state index in [1.807, 2.05) is 0 Å². The summed E-state index contributed by atoms with van der Waals surface area (Å²) in [5, 5.41) is 7.31. The van der Waals surface area contributed by atoms with Gasteiger partial charge in [-0.05, 0) is 74.9 Å². The Morgan fingerprint density at radius 1 is 0.645 bits per heavy atom. The van der Waals surface area contributed by atoms with Crippen molar-refractivity contribution >= 4 is 0 Å². The van der Waals surface area contributed by atoms with Crippen LogP contribution in [-0.2, 0) is 12.8 Å². The Labute approximate surface area is 189 Å². The van der Waals surface area contributed by atoms with Gasteiger partial charge in [-0.1, -0.05) is 86.7 Å². The molecular formula is C29H40N2. The largest absolute Gasteiger partial charge is 0.314 e. The number of hydrogen-bond donors (Lipinski definition) is 2. The third kappa shape index (κ3) is 6.92. The van der Waals surface area contributed by atoms with Crippen LogP contribution >= 0.6 is 0 Å². The fourth-order valence-corrected chi connectivity index (χ4v) is 5.18. The smallest absolute Gasteiger partial charge is 0.0102 e. The lowest BCUT2D eigenvalue weighted by atomic mass is 9.77. The first-order valence-corrected chi connectivity index (χ1v) is 12.0. The Kier molecular flexibility index (Phi) is 8.69. The van der Waals surface area contributed by atoms with Crippen molar-refractivity contribution in [2.75, 3.05) is 13.1 Å². The maximum Gasteiger partial charge on any atom is 0.0102 e. The predicted octanol–water partition coefficient (Wildman–Crippen LogP) is 6.10. The SMILES string of the molecule is CCNC(C)CC1(CC(C)NCC)C=C(Cc2ccccc2)C(Cc2ccccc2)=C1. The van der Waals surface area contributed by atoms with E-state index < -0.39 is 0 Å². The van der Waals surface area contributed by atoms with Gasteiger partial charge < -0.3 is 10.6 Å². The molecule has 2 heteroatoms. The molecule has 2 aromatic carbocycles. The maximum absolute atomic E-state index is 3.65. The van der Waals surface area contributed by atoms with Crippen molar-refractivity contribution in [2.45, 2.75) is 65.5 Å². The van der Waals surface area contributed by atoms with Crippen molar-refractivity contribution in [3.05, 3.63) is 95.1 Å². The minimum atomic E-state index is 0.0946. The van der Waals surface area contributed by atoms with Gasteiger partial charge in [-0.25, -0.2) is 0 Å². The van der Waals surface area contributed by atoms with Crippen LogP contribution in [0, 0.1) is 5.41 Å². The summed E-state index contributed by atoms with van der Waals surface area (Å²) in [4.78, 5) is 0. The lowest BCUT2D eigenvalue weighted by molar-refractivity contribution is 0.317. The second-order valence-electron chi connectivity index (χ2n) is 9.22. The molecule has 0 bridgehead atoms. The molecule has 0 amide bonds. The van der Waals surface area contributed by atoms with Crippen LogP contribution in [0.15, 0.2) is 84.0 Å². The van der Waals surface area contributed by atoms with E-state index in [0.717, 1.165) is 38.8 Å². The number of rotatable bonds is 12. The highest BCUT2D eigenvalue weighted by atomic mass is 14.9. The number of nitrogens with one attached hydrogen (secondary N) is 2. The second-order valence-corrected chi connectivity index (χ2v) is 9.22. The highest BCUT2D eigenvalue weighted by molar-refractivity contribution is 5.48. The summed E-state index contributed by atoms with van der Waals surface area (Å²) in [6, 6.07) is 22.8. The van der Waals surface area contributed by atoms with Crippen LogP contribution in [0.1, 0.15) is 51.7 Å². The Hall–Kier alpha value is -2.16. The summed E-state index contributed by atoms with van der Waals surface area (Å²) < 4.78 is 0. The van der Waals surface area contributed by atoms with Crippen molar-refractivity contribution < 1.29 is 0 Å². The van der Waals surface area contributed by atoms with Gasteiger partial charge in [-0.15, -0.1) is 0 Å². The first-order chi connectivity index (χ1) is 15.0. The van der Waals surface area contributed by atoms with Crippen LogP contribution in [0.5, 0.6) is 0 Å². The van der Waals surface area contributed by atoms with E-state index >= 15 is 0 Å². The Bertz CT molecular complexity index is 777. The first kappa shape index (κ1) is 23.5. The first-order valence-electron chi connectivity index (χ1n) is 12.0. The number of hydrogen-bond acceptors (Lipinski definition) is 2. The summed E-state index contributed by atoms with van der Waals surface area (Å²) in [6.45, 7) is 11.1. The van der Waals surface area contributed by atoms with E-state index in [-0.39, 0.29) is 5.41 Å². The lowest BCUT2D eigenvalue weighted by Crippen LogP contribution is -2.36. The third-order valence-corrected chi connectivity index (χ3v) is 6.29. The molecule has 3 rings (SSSR count). The van der Waals surface area contributed by atoms with Crippen LogP contribution in [0.2, 0.25) is 0 Å². The van der Waals surface area contributed by atoms with E-state index in [2.05, 4.69) is 111 Å². The van der Waals surface area contributed by atoms with Crippen molar-refractivity contribution in [2.24, 2.45) is 5.41 Å². The van der Waals surface area contributed by atoms with Crippen LogP contribution in [-0.4, -0.2) is 25.2 Å². The molecule has 0 radical (unpaired) electrons. The molecule has 2 nitrogen and oxygen atoms in total. The molecule has 0 fully saturated rings. The number of allylic oxidation sites excluding steroid dienone is 4. The molecule has 166 valence electrons. The third-order valence-electron chi connectivity index (χ3n) is 6.29. The summed E-state index contributed by atoms with van der Waals surface area (Å²) in [6.07, 6.45) is 9.50. The molecule has 0 aliphatic heterocycles. The molecule has 1 aliphatic carbocycles. The summed E-state index contributed by atoms with van der Waals surface area (Å²) in [5.41, 5.74) is 5.88. The van der Waals surface area contributed by atoms with Crippen molar-refractivity contribution in [1.29, 1.82) is 0 Å². The molecule has 1 aliphatic rings. The van der Waals surface area contributed by atoms with Gasteiger partial charge in [0.05, 0.1) is 0 Å². The van der Waals surface area contributed by atoms with Crippen LogP contribution in [0.25, 0.3) is 0 Å². The average molecular weight is 417 g/mol. The fourth-order valence-electron chi connectivity index (χ4n) is 5.18. The van der Waals surface area contributed by atoms with Gasteiger partial charge in [0, 0.05) is 17.5 Å². The number of benzene rings is 2. The van der Waals surface area contributed by atoms with Crippen LogP contribution < -0.4 is 10.6 Å². The van der Waals surface area contributed by atoms with Gasteiger partial charge in [0.25, 0.3) is 0 Å². The monoisotopic (exact) mass is 416 g/mol. The molecule has 2 unspecified atom stereocenters. The van der Waals surface area contributed by atoms with Crippen molar-refractivity contribution in [3.63, 3.8) is 0 Å². The quantitative estimate of drug-likeness (QED) is 0.437. The zero-order valence-electron chi connectivity index (χ0n) is 19.8. The van der Waals surface area contributed by atoms with Crippen molar-refractivity contribution in [1.82, 2.24) is 10.6 Å². The van der Waals surface area contributed by atoms with Gasteiger partial charge >= 0.3 is 0 Å². The van der Waals surface area contributed by atoms with Gasteiger partial charge in [0.15, 0.2) is 0 Å². The molecule has 0 spiro atoms. The highest BCUT2D eigenvalue weighted by Gasteiger charge is 2.35. The zero-order valence-corrected chi connectivity index (χ0v) is 19.8. The topological polar surface area (TPSA) is 24.1 Å². The van der Waals surface area contributed by atoms with Gasteiger partial charge in [0.1, 0.15) is 0 Å². The summed E-state index contributed by atoms with van der Waals surface area (Å²) in [5.74, 6) is 0. The Morgan fingerprint density at radius 2 is 1.03 bits per heavy atom. The van der Waals surface area contributed by atoms with Crippen LogP contribution in [0.4, 0.5) is 0 Å². The predicted molar refractivity (Wildman–Crippen MR) is 134 cm³/mol. The molecule has 2 N–H and O–H groups in total. The van der Waals surface area contributed by atoms with Crippen LogP contribution in [0.3, 0.4) is 0 Å². The second kappa shape index (κ2) is 11.5. The summed E-state index contributed by atoms with van der Waals surface area (Å²) >= 11 is 0. The van der Waals surface area contributed by atoms with Crippen molar-refractivity contribution in [3.8, 4) is 0 Å². The van der Waals surface area contributed by atoms with E-state index in [1.165, 1.54) is 22.3 Å². The van der Waals surface area contributed by atoms with E-state index in [4.69, 9.17) is 0 Å². The zero-order chi connectivity index (χ0) is 22.1. The normalized spacial score (nSPS) is 17.2. The van der Waals surface area contributed by atoms with Gasteiger partial charge in [-0.2, -0.15) is 0 Å². The standard InChI is InChI=1S/C29H40N2/c1-5-30-23(3)19-29(20-24(4)31-6-2)21-27(17-25-13-9-7-10-14-25)28(22-29)18-26-15-11-8-12-16-26/h7-16,21-24,30-31H,5-6,17-20H2,1-4H3. The summed E-state index contributed by atoms with van der Waals surface area (Å²) in [7, 11) is 0. The Balaban J connectivity index is 1.95. The molecule has 2 aromatic rings.